The molecule has 4 heteroatoms. The molecule has 2 rings (SSSR count). The zero-order valence-corrected chi connectivity index (χ0v) is 19.4. The standard InChI is InChI=1S/C22H40O3Si/c1-14(2)26(15(3)4,16(5)6)25-19-12-22(9,20(19)24)18-11-21(7,8)10-17(18)13-23/h13-19H,10-12H2,1-9H3/t17-,18-,19-,22+/m0/s1. The van der Waals surface area contributed by atoms with Crippen LogP contribution in [0, 0.1) is 22.7 Å². The molecule has 2 aliphatic rings. The van der Waals surface area contributed by atoms with Crippen LogP contribution in [0.25, 0.3) is 0 Å². The van der Waals surface area contributed by atoms with Crippen LogP contribution >= 0.6 is 0 Å². The minimum atomic E-state index is -2.05. The lowest BCUT2D eigenvalue weighted by Gasteiger charge is -2.53. The quantitative estimate of drug-likeness (QED) is 0.415. The Morgan fingerprint density at radius 2 is 1.46 bits per heavy atom. The molecule has 2 fully saturated rings. The van der Waals surface area contributed by atoms with Gasteiger partial charge in [-0.2, -0.15) is 0 Å². The van der Waals surface area contributed by atoms with E-state index in [-0.39, 0.29) is 34.6 Å². The molecule has 0 radical (unpaired) electrons. The first kappa shape index (κ1) is 21.8. The second-order valence-electron chi connectivity index (χ2n) is 10.9. The summed E-state index contributed by atoms with van der Waals surface area (Å²) in [5.74, 6) is 0.448. The topological polar surface area (TPSA) is 43.4 Å². The van der Waals surface area contributed by atoms with E-state index in [0.717, 1.165) is 25.5 Å². The van der Waals surface area contributed by atoms with Gasteiger partial charge in [-0.3, -0.25) is 4.79 Å². The van der Waals surface area contributed by atoms with Crippen LogP contribution in [0.3, 0.4) is 0 Å². The van der Waals surface area contributed by atoms with Gasteiger partial charge in [0.1, 0.15) is 12.4 Å². The summed E-state index contributed by atoms with van der Waals surface area (Å²) in [5.41, 5.74) is 1.22. The molecule has 2 saturated carbocycles. The first-order chi connectivity index (χ1) is 11.8. The highest BCUT2D eigenvalue weighted by Crippen LogP contribution is 2.58. The second-order valence-corrected chi connectivity index (χ2v) is 16.3. The summed E-state index contributed by atoms with van der Waals surface area (Å²) >= 11 is 0. The summed E-state index contributed by atoms with van der Waals surface area (Å²) in [5, 5.41) is 0. The lowest BCUT2D eigenvalue weighted by molar-refractivity contribution is -0.159. The Morgan fingerprint density at radius 3 is 1.85 bits per heavy atom. The van der Waals surface area contributed by atoms with E-state index in [0.29, 0.717) is 16.6 Å². The van der Waals surface area contributed by atoms with Gasteiger partial charge in [-0.15, -0.1) is 0 Å². The Kier molecular flexibility index (Phi) is 6.01. The van der Waals surface area contributed by atoms with E-state index in [2.05, 4.69) is 62.3 Å². The van der Waals surface area contributed by atoms with Crippen molar-refractivity contribution in [3.05, 3.63) is 0 Å². The number of carbonyl (C=O) groups excluding carboxylic acids is 2. The Morgan fingerprint density at radius 1 is 0.962 bits per heavy atom. The molecule has 26 heavy (non-hydrogen) atoms. The molecule has 0 aromatic heterocycles. The largest absolute Gasteiger partial charge is 0.406 e. The van der Waals surface area contributed by atoms with Crippen LogP contribution in [0.15, 0.2) is 0 Å². The number of rotatable bonds is 7. The molecule has 0 bridgehead atoms. The summed E-state index contributed by atoms with van der Waals surface area (Å²) in [6.45, 7) is 20.1. The normalized spacial score (nSPS) is 34.6. The van der Waals surface area contributed by atoms with E-state index in [1.54, 1.807) is 0 Å². The maximum absolute atomic E-state index is 13.3. The number of hydrogen-bond acceptors (Lipinski definition) is 3. The lowest BCUT2D eigenvalue weighted by Crippen LogP contribution is -2.62. The van der Waals surface area contributed by atoms with Crippen molar-refractivity contribution in [1.29, 1.82) is 0 Å². The van der Waals surface area contributed by atoms with Crippen LogP contribution in [0.1, 0.15) is 81.6 Å². The van der Waals surface area contributed by atoms with Crippen LogP contribution in [0.4, 0.5) is 0 Å². The van der Waals surface area contributed by atoms with E-state index in [4.69, 9.17) is 4.43 Å². The van der Waals surface area contributed by atoms with Crippen LogP contribution < -0.4 is 0 Å². The van der Waals surface area contributed by atoms with Crippen LogP contribution in [-0.4, -0.2) is 26.5 Å². The van der Waals surface area contributed by atoms with Crippen molar-refractivity contribution in [2.45, 2.75) is 104 Å². The molecule has 0 heterocycles. The predicted octanol–water partition coefficient (Wildman–Crippen LogP) is 5.78. The van der Waals surface area contributed by atoms with Crippen molar-refractivity contribution in [2.75, 3.05) is 0 Å². The smallest absolute Gasteiger partial charge is 0.201 e. The van der Waals surface area contributed by atoms with Gasteiger partial charge in [0.25, 0.3) is 0 Å². The van der Waals surface area contributed by atoms with Gasteiger partial charge in [0.2, 0.25) is 8.32 Å². The van der Waals surface area contributed by atoms with E-state index in [9.17, 15) is 9.59 Å². The van der Waals surface area contributed by atoms with E-state index < -0.39 is 8.32 Å². The molecule has 2 aliphatic carbocycles. The van der Waals surface area contributed by atoms with Crippen molar-refractivity contribution in [3.8, 4) is 0 Å². The molecule has 0 amide bonds. The maximum Gasteiger partial charge on any atom is 0.201 e. The Labute approximate surface area is 161 Å². The second kappa shape index (κ2) is 7.16. The fourth-order valence-electron chi connectivity index (χ4n) is 6.35. The van der Waals surface area contributed by atoms with Crippen molar-refractivity contribution in [3.63, 3.8) is 0 Å². The molecule has 0 aliphatic heterocycles. The monoisotopic (exact) mass is 380 g/mol. The average Bonchev–Trinajstić information content (AvgIpc) is 2.84. The highest BCUT2D eigenvalue weighted by Gasteiger charge is 2.61. The Balaban J connectivity index is 2.20. The number of aldehydes is 1. The number of hydrogen-bond donors (Lipinski definition) is 0. The molecule has 0 aromatic rings. The molecule has 0 saturated heterocycles. The van der Waals surface area contributed by atoms with Gasteiger partial charge in [0, 0.05) is 11.3 Å². The molecule has 150 valence electrons. The van der Waals surface area contributed by atoms with Gasteiger partial charge < -0.3 is 9.22 Å². The Hall–Kier alpha value is -0.483. The lowest BCUT2D eigenvalue weighted by atomic mass is 9.57. The third-order valence-electron chi connectivity index (χ3n) is 7.59. The summed E-state index contributed by atoms with van der Waals surface area (Å²) in [6.07, 6.45) is 3.50. The van der Waals surface area contributed by atoms with Crippen LogP contribution in [0.5, 0.6) is 0 Å². The molecular weight excluding hydrogens is 340 g/mol. The van der Waals surface area contributed by atoms with Crippen molar-refractivity contribution >= 4 is 20.4 Å². The molecule has 4 atom stereocenters. The van der Waals surface area contributed by atoms with E-state index in [1.807, 2.05) is 0 Å². The van der Waals surface area contributed by atoms with Gasteiger partial charge >= 0.3 is 0 Å². The van der Waals surface area contributed by atoms with E-state index in [1.165, 1.54) is 0 Å². The van der Waals surface area contributed by atoms with Gasteiger partial charge in [0.05, 0.1) is 0 Å². The van der Waals surface area contributed by atoms with Gasteiger partial charge in [-0.25, -0.2) is 0 Å². The SMILES string of the molecule is CC(C)[Si](O[C@H]1C[C@](C)([C@H]2CC(C)(C)C[C@H]2C=O)C1=O)(C(C)C)C(C)C. The highest BCUT2D eigenvalue weighted by atomic mass is 28.4. The fourth-order valence-corrected chi connectivity index (χ4v) is 11.8. The molecule has 0 N–H and O–H groups in total. The first-order valence-corrected chi connectivity index (χ1v) is 12.6. The molecule has 3 nitrogen and oxygen atoms in total. The average molecular weight is 381 g/mol. The first-order valence-electron chi connectivity index (χ1n) is 10.5. The summed E-state index contributed by atoms with van der Waals surface area (Å²) < 4.78 is 6.75. The minimum Gasteiger partial charge on any atom is -0.406 e. The molecular formula is C22H40O3Si. The van der Waals surface area contributed by atoms with Crippen molar-refractivity contribution in [1.82, 2.24) is 0 Å². The number of carbonyl (C=O) groups is 2. The summed E-state index contributed by atoms with van der Waals surface area (Å²) in [6, 6.07) is 0. The minimum absolute atomic E-state index is 0.0159. The number of Topliss-reactive ketones (excluding diaryl/α,β-unsaturated/α-hetero) is 1. The summed E-state index contributed by atoms with van der Waals surface area (Å²) in [7, 11) is -2.05. The van der Waals surface area contributed by atoms with E-state index >= 15 is 0 Å². The summed E-state index contributed by atoms with van der Waals surface area (Å²) in [4.78, 5) is 24.9. The highest BCUT2D eigenvalue weighted by molar-refractivity contribution is 6.77. The molecule has 0 spiro atoms. The zero-order chi connectivity index (χ0) is 20.1. The zero-order valence-electron chi connectivity index (χ0n) is 18.4. The van der Waals surface area contributed by atoms with Gasteiger partial charge in [0.15, 0.2) is 5.78 Å². The fraction of sp³-hybridized carbons (Fsp3) is 0.909. The third-order valence-corrected chi connectivity index (χ3v) is 13.7. The third kappa shape index (κ3) is 3.37. The molecule has 0 unspecified atom stereocenters. The van der Waals surface area contributed by atoms with Gasteiger partial charge in [-0.05, 0) is 47.2 Å². The van der Waals surface area contributed by atoms with Gasteiger partial charge in [-0.1, -0.05) is 62.3 Å². The van der Waals surface area contributed by atoms with Crippen LogP contribution in [0.2, 0.25) is 16.6 Å². The predicted molar refractivity (Wildman–Crippen MR) is 110 cm³/mol. The van der Waals surface area contributed by atoms with Crippen molar-refractivity contribution in [2.24, 2.45) is 22.7 Å². The molecule has 0 aromatic carbocycles. The maximum atomic E-state index is 13.3. The Bertz CT molecular complexity index is 530. The number of ketones is 1. The van der Waals surface area contributed by atoms with Crippen molar-refractivity contribution < 1.29 is 14.0 Å². The van der Waals surface area contributed by atoms with Crippen LogP contribution in [-0.2, 0) is 14.0 Å².